The molecule has 2 aromatic carbocycles. The van der Waals surface area contributed by atoms with Crippen molar-refractivity contribution < 1.29 is 9.53 Å². The maximum atomic E-state index is 12.6. The van der Waals surface area contributed by atoms with Crippen LogP contribution in [-0.2, 0) is 6.42 Å². The highest BCUT2D eigenvalue weighted by Gasteiger charge is 2.11. The SMILES string of the molecule is COc1ccc(-n2ccnc(NC(=O)NCCc3ccccc3)c2=O)cc1Cl. The number of carbonyl (C=O) groups excluding carboxylic acids is 1. The van der Waals surface area contributed by atoms with Gasteiger partial charge in [0, 0.05) is 18.9 Å². The van der Waals surface area contributed by atoms with Gasteiger partial charge in [-0.1, -0.05) is 41.9 Å². The van der Waals surface area contributed by atoms with Gasteiger partial charge in [0.1, 0.15) is 5.75 Å². The zero-order valence-corrected chi connectivity index (χ0v) is 15.9. The molecule has 3 rings (SSSR count). The largest absolute Gasteiger partial charge is 0.495 e. The Kier molecular flexibility index (Phi) is 6.29. The third-order valence-electron chi connectivity index (χ3n) is 4.03. The molecule has 0 unspecified atom stereocenters. The summed E-state index contributed by atoms with van der Waals surface area (Å²) < 4.78 is 6.46. The summed E-state index contributed by atoms with van der Waals surface area (Å²) in [6.07, 6.45) is 3.61. The van der Waals surface area contributed by atoms with Gasteiger partial charge in [-0.05, 0) is 30.2 Å². The van der Waals surface area contributed by atoms with Crippen molar-refractivity contribution in [2.75, 3.05) is 19.0 Å². The van der Waals surface area contributed by atoms with Crippen molar-refractivity contribution in [3.8, 4) is 11.4 Å². The number of benzene rings is 2. The number of carbonyl (C=O) groups is 1. The van der Waals surface area contributed by atoms with Crippen LogP contribution in [-0.4, -0.2) is 29.2 Å². The van der Waals surface area contributed by atoms with Crippen LogP contribution in [0.3, 0.4) is 0 Å². The molecule has 7 nitrogen and oxygen atoms in total. The molecule has 0 saturated carbocycles. The fourth-order valence-corrected chi connectivity index (χ4v) is 2.87. The van der Waals surface area contributed by atoms with E-state index < -0.39 is 11.6 Å². The summed E-state index contributed by atoms with van der Waals surface area (Å²) in [4.78, 5) is 28.7. The van der Waals surface area contributed by atoms with E-state index in [1.54, 1.807) is 18.2 Å². The Balaban J connectivity index is 1.68. The molecule has 3 aromatic rings. The van der Waals surface area contributed by atoms with Crippen molar-refractivity contribution in [1.29, 1.82) is 0 Å². The first-order chi connectivity index (χ1) is 13.6. The molecule has 0 aliphatic heterocycles. The lowest BCUT2D eigenvalue weighted by Gasteiger charge is -2.11. The Bertz CT molecular complexity index is 1020. The number of halogens is 1. The second-order valence-corrected chi connectivity index (χ2v) is 6.29. The Hall–Kier alpha value is -3.32. The molecule has 0 spiro atoms. The molecule has 0 atom stereocenters. The van der Waals surface area contributed by atoms with Gasteiger partial charge < -0.3 is 10.1 Å². The summed E-state index contributed by atoms with van der Waals surface area (Å²) in [6.45, 7) is 0.435. The third-order valence-corrected chi connectivity index (χ3v) is 4.32. The van der Waals surface area contributed by atoms with Crippen LogP contribution >= 0.6 is 11.6 Å². The molecule has 2 N–H and O–H groups in total. The summed E-state index contributed by atoms with van der Waals surface area (Å²) in [5, 5.41) is 5.58. The van der Waals surface area contributed by atoms with Gasteiger partial charge in [0.15, 0.2) is 0 Å². The van der Waals surface area contributed by atoms with Crippen molar-refractivity contribution in [3.63, 3.8) is 0 Å². The molecule has 1 heterocycles. The molecule has 0 aliphatic carbocycles. The third kappa shape index (κ3) is 4.69. The quantitative estimate of drug-likeness (QED) is 0.667. The Labute approximate surface area is 166 Å². The minimum atomic E-state index is -0.494. The van der Waals surface area contributed by atoms with Crippen molar-refractivity contribution in [1.82, 2.24) is 14.9 Å². The summed E-state index contributed by atoms with van der Waals surface area (Å²) in [5.74, 6) is 0.426. The lowest BCUT2D eigenvalue weighted by Crippen LogP contribution is -2.34. The maximum absolute atomic E-state index is 12.6. The number of ether oxygens (including phenoxy) is 1. The fourth-order valence-electron chi connectivity index (χ4n) is 2.62. The highest BCUT2D eigenvalue weighted by molar-refractivity contribution is 6.32. The van der Waals surface area contributed by atoms with Crippen LogP contribution in [0.2, 0.25) is 5.02 Å². The summed E-state index contributed by atoms with van der Waals surface area (Å²) in [5.41, 5.74) is 1.17. The molecule has 1 aromatic heterocycles. The average molecular weight is 399 g/mol. The van der Waals surface area contributed by atoms with E-state index in [0.717, 1.165) is 5.56 Å². The second kappa shape index (κ2) is 9.05. The van der Waals surface area contributed by atoms with E-state index in [4.69, 9.17) is 16.3 Å². The van der Waals surface area contributed by atoms with E-state index >= 15 is 0 Å². The van der Waals surface area contributed by atoms with Crippen LogP contribution in [0.1, 0.15) is 5.56 Å². The van der Waals surface area contributed by atoms with Crippen LogP contribution in [0, 0.1) is 0 Å². The molecule has 0 fully saturated rings. The molecule has 144 valence electrons. The number of hydrogen-bond donors (Lipinski definition) is 2. The monoisotopic (exact) mass is 398 g/mol. The van der Waals surface area contributed by atoms with Crippen molar-refractivity contribution in [3.05, 3.63) is 81.9 Å². The zero-order chi connectivity index (χ0) is 19.9. The van der Waals surface area contributed by atoms with Gasteiger partial charge in [-0.15, -0.1) is 0 Å². The van der Waals surface area contributed by atoms with Crippen LogP contribution in [0.25, 0.3) is 5.69 Å². The predicted octanol–water partition coefficient (Wildman–Crippen LogP) is 3.26. The van der Waals surface area contributed by atoms with Crippen molar-refractivity contribution >= 4 is 23.4 Å². The number of anilines is 1. The minimum Gasteiger partial charge on any atom is -0.495 e. The summed E-state index contributed by atoms with van der Waals surface area (Å²) in [7, 11) is 1.51. The number of methoxy groups -OCH3 is 1. The topological polar surface area (TPSA) is 85.2 Å². The Morgan fingerprint density at radius 2 is 2.00 bits per heavy atom. The molecule has 0 radical (unpaired) electrons. The molecule has 0 aliphatic rings. The lowest BCUT2D eigenvalue weighted by molar-refractivity contribution is 0.252. The first-order valence-electron chi connectivity index (χ1n) is 8.59. The van der Waals surface area contributed by atoms with Crippen molar-refractivity contribution in [2.45, 2.75) is 6.42 Å². The van der Waals surface area contributed by atoms with Gasteiger partial charge in [0.2, 0.25) is 5.82 Å². The average Bonchev–Trinajstić information content (AvgIpc) is 2.70. The van der Waals surface area contributed by atoms with E-state index in [0.29, 0.717) is 29.4 Å². The van der Waals surface area contributed by atoms with E-state index in [9.17, 15) is 9.59 Å². The van der Waals surface area contributed by atoms with Crippen LogP contribution < -0.4 is 20.9 Å². The lowest BCUT2D eigenvalue weighted by atomic mass is 10.1. The maximum Gasteiger partial charge on any atom is 0.320 e. The first-order valence-corrected chi connectivity index (χ1v) is 8.96. The van der Waals surface area contributed by atoms with E-state index in [-0.39, 0.29) is 5.82 Å². The predicted molar refractivity (Wildman–Crippen MR) is 109 cm³/mol. The van der Waals surface area contributed by atoms with Gasteiger partial charge in [0.05, 0.1) is 17.8 Å². The molecular weight excluding hydrogens is 380 g/mol. The van der Waals surface area contributed by atoms with Gasteiger partial charge in [-0.2, -0.15) is 0 Å². The highest BCUT2D eigenvalue weighted by Crippen LogP contribution is 2.26. The number of rotatable bonds is 6. The molecule has 8 heteroatoms. The van der Waals surface area contributed by atoms with Gasteiger partial charge in [-0.25, -0.2) is 9.78 Å². The minimum absolute atomic E-state index is 0.0772. The Morgan fingerprint density at radius 3 is 2.71 bits per heavy atom. The highest BCUT2D eigenvalue weighted by atomic mass is 35.5. The second-order valence-electron chi connectivity index (χ2n) is 5.89. The van der Waals surface area contributed by atoms with Gasteiger partial charge in [0.25, 0.3) is 5.56 Å². The van der Waals surface area contributed by atoms with Crippen molar-refractivity contribution in [2.24, 2.45) is 0 Å². The molecule has 0 bridgehead atoms. The van der Waals surface area contributed by atoms with Gasteiger partial charge >= 0.3 is 6.03 Å². The smallest absolute Gasteiger partial charge is 0.320 e. The van der Waals surface area contributed by atoms with E-state index in [1.807, 2.05) is 30.3 Å². The first kappa shape index (κ1) is 19.4. The van der Waals surface area contributed by atoms with Crippen LogP contribution in [0.4, 0.5) is 10.6 Å². The number of nitrogens with one attached hydrogen (secondary N) is 2. The Morgan fingerprint density at radius 1 is 1.21 bits per heavy atom. The number of nitrogens with zero attached hydrogens (tertiary/aromatic N) is 2. The van der Waals surface area contributed by atoms with Gasteiger partial charge in [-0.3, -0.25) is 14.7 Å². The molecule has 0 saturated heterocycles. The summed E-state index contributed by atoms with van der Waals surface area (Å²) >= 11 is 6.13. The van der Waals surface area contributed by atoms with E-state index in [2.05, 4.69) is 15.6 Å². The van der Waals surface area contributed by atoms with E-state index in [1.165, 1.54) is 24.1 Å². The standard InChI is InChI=1S/C20H19ClN4O3/c1-28-17-8-7-15(13-16(17)21)25-12-11-22-18(19(25)26)24-20(27)23-10-9-14-5-3-2-4-6-14/h2-8,11-13H,9-10H2,1H3,(H2,22,23,24,27). The normalized spacial score (nSPS) is 10.4. The fraction of sp³-hybridized carbons (Fsp3) is 0.150. The van der Waals surface area contributed by atoms with Crippen LogP contribution in [0.5, 0.6) is 5.75 Å². The number of aromatic nitrogens is 2. The molecule has 28 heavy (non-hydrogen) atoms. The number of amides is 2. The summed E-state index contributed by atoms with van der Waals surface area (Å²) in [6, 6.07) is 14.2. The number of hydrogen-bond acceptors (Lipinski definition) is 4. The van der Waals surface area contributed by atoms with Crippen LogP contribution in [0.15, 0.2) is 65.7 Å². The number of urea groups is 1. The molecular formula is C20H19ClN4O3. The zero-order valence-electron chi connectivity index (χ0n) is 15.2. The molecule has 2 amide bonds.